The lowest BCUT2D eigenvalue weighted by Gasteiger charge is -2.09. The molecule has 0 saturated carbocycles. The van der Waals surface area contributed by atoms with Crippen molar-refractivity contribution in [2.75, 3.05) is 25.6 Å². The van der Waals surface area contributed by atoms with Gasteiger partial charge < -0.3 is 14.6 Å². The molecule has 0 aliphatic heterocycles. The van der Waals surface area contributed by atoms with Gasteiger partial charge in [0.2, 0.25) is 5.95 Å². The molecule has 20 heavy (non-hydrogen) atoms. The highest BCUT2D eigenvalue weighted by Crippen LogP contribution is 2.13. The fourth-order valence-corrected chi connectivity index (χ4v) is 2.22. The summed E-state index contributed by atoms with van der Waals surface area (Å²) in [6.07, 6.45) is 7.80. The van der Waals surface area contributed by atoms with Crippen molar-refractivity contribution in [3.05, 3.63) is 29.8 Å². The van der Waals surface area contributed by atoms with Gasteiger partial charge in [0, 0.05) is 51.5 Å². The Labute approximate surface area is 119 Å². The summed E-state index contributed by atoms with van der Waals surface area (Å²) in [7, 11) is 3.68. The monoisotopic (exact) mass is 277 g/mol. The molecule has 0 fully saturated rings. The van der Waals surface area contributed by atoms with Crippen LogP contribution in [-0.4, -0.2) is 39.6 Å². The van der Waals surface area contributed by atoms with Crippen LogP contribution in [0.2, 0.25) is 0 Å². The van der Waals surface area contributed by atoms with Gasteiger partial charge in [-0.2, -0.15) is 5.10 Å². The highest BCUT2D eigenvalue weighted by molar-refractivity contribution is 5.28. The molecule has 1 N–H and O–H groups in total. The Balaban J connectivity index is 2.00. The minimum absolute atomic E-state index is 0.760. The summed E-state index contributed by atoms with van der Waals surface area (Å²) in [4.78, 5) is 4.36. The zero-order chi connectivity index (χ0) is 14.4. The molecule has 0 unspecified atom stereocenters. The van der Waals surface area contributed by atoms with Gasteiger partial charge in [-0.3, -0.25) is 4.68 Å². The molecule has 0 saturated heterocycles. The van der Waals surface area contributed by atoms with Crippen LogP contribution in [0.1, 0.15) is 24.6 Å². The van der Waals surface area contributed by atoms with E-state index in [0.717, 1.165) is 44.2 Å². The highest BCUT2D eigenvalue weighted by Gasteiger charge is 2.09. The molecule has 0 aliphatic rings. The molecule has 0 radical (unpaired) electrons. The number of aryl methyl sites for hydroxylation is 2. The summed E-state index contributed by atoms with van der Waals surface area (Å²) in [5.41, 5.74) is 2.39. The fourth-order valence-electron chi connectivity index (χ4n) is 2.22. The average Bonchev–Trinajstić information content (AvgIpc) is 3.02. The summed E-state index contributed by atoms with van der Waals surface area (Å²) in [5, 5.41) is 7.81. The first-order chi connectivity index (χ1) is 9.74. The van der Waals surface area contributed by atoms with Gasteiger partial charge in [-0.1, -0.05) is 6.92 Å². The molecule has 2 aromatic rings. The number of anilines is 1. The van der Waals surface area contributed by atoms with Crippen LogP contribution in [0.25, 0.3) is 0 Å². The van der Waals surface area contributed by atoms with Crippen molar-refractivity contribution in [1.82, 2.24) is 19.3 Å². The number of ether oxygens (including phenoxy) is 1. The predicted molar refractivity (Wildman–Crippen MR) is 78.9 cm³/mol. The second kappa shape index (κ2) is 7.09. The first-order valence-electron chi connectivity index (χ1n) is 7.00. The van der Waals surface area contributed by atoms with Gasteiger partial charge in [-0.15, -0.1) is 0 Å². The molecule has 2 heterocycles. The molecular weight excluding hydrogens is 254 g/mol. The van der Waals surface area contributed by atoms with E-state index in [1.165, 1.54) is 5.56 Å². The van der Waals surface area contributed by atoms with Crippen LogP contribution in [0, 0.1) is 0 Å². The molecule has 0 aliphatic carbocycles. The number of methoxy groups -OCH3 is 1. The molecular formula is C14H23N5O. The minimum Gasteiger partial charge on any atom is -0.385 e. The molecule has 6 heteroatoms. The van der Waals surface area contributed by atoms with Gasteiger partial charge in [0.25, 0.3) is 0 Å². The topological polar surface area (TPSA) is 56.9 Å². The lowest BCUT2D eigenvalue weighted by molar-refractivity contribution is 0.197. The molecule has 0 bridgehead atoms. The van der Waals surface area contributed by atoms with E-state index in [1.54, 1.807) is 7.11 Å². The summed E-state index contributed by atoms with van der Waals surface area (Å²) < 4.78 is 9.03. The number of rotatable bonds is 8. The second-order valence-electron chi connectivity index (χ2n) is 4.78. The van der Waals surface area contributed by atoms with Crippen molar-refractivity contribution >= 4 is 5.95 Å². The first kappa shape index (κ1) is 14.6. The van der Waals surface area contributed by atoms with Crippen molar-refractivity contribution in [3.8, 4) is 0 Å². The SMILES string of the molecule is CCc1nn(C)cc1Cn1ccnc1NCCCOC. The number of hydrogen-bond acceptors (Lipinski definition) is 4. The third-order valence-electron chi connectivity index (χ3n) is 3.19. The van der Waals surface area contributed by atoms with E-state index in [4.69, 9.17) is 4.74 Å². The van der Waals surface area contributed by atoms with Crippen LogP contribution in [-0.2, 0) is 24.8 Å². The number of imidazole rings is 1. The fraction of sp³-hybridized carbons (Fsp3) is 0.571. The van der Waals surface area contributed by atoms with Crippen LogP contribution in [0.3, 0.4) is 0 Å². The van der Waals surface area contributed by atoms with Crippen LogP contribution >= 0.6 is 0 Å². The third-order valence-corrected chi connectivity index (χ3v) is 3.19. The van der Waals surface area contributed by atoms with Crippen LogP contribution < -0.4 is 5.32 Å². The smallest absolute Gasteiger partial charge is 0.203 e. The lowest BCUT2D eigenvalue weighted by atomic mass is 10.2. The average molecular weight is 277 g/mol. The van der Waals surface area contributed by atoms with Gasteiger partial charge in [0.05, 0.1) is 12.2 Å². The summed E-state index contributed by atoms with van der Waals surface area (Å²) in [6, 6.07) is 0. The Morgan fingerprint density at radius 1 is 1.40 bits per heavy atom. The second-order valence-corrected chi connectivity index (χ2v) is 4.78. The summed E-state index contributed by atoms with van der Waals surface area (Å²) in [6.45, 7) is 4.54. The largest absolute Gasteiger partial charge is 0.385 e. The van der Waals surface area contributed by atoms with E-state index in [1.807, 2.05) is 24.1 Å². The van der Waals surface area contributed by atoms with Crippen molar-refractivity contribution in [2.45, 2.75) is 26.3 Å². The normalized spacial score (nSPS) is 10.9. The van der Waals surface area contributed by atoms with Crippen LogP contribution in [0.4, 0.5) is 5.95 Å². The number of aromatic nitrogens is 4. The summed E-state index contributed by atoms with van der Waals surface area (Å²) >= 11 is 0. The van der Waals surface area contributed by atoms with Crippen molar-refractivity contribution in [2.24, 2.45) is 7.05 Å². The molecule has 0 aromatic carbocycles. The van der Waals surface area contributed by atoms with Crippen molar-refractivity contribution in [3.63, 3.8) is 0 Å². The quantitative estimate of drug-likeness (QED) is 0.746. The van der Waals surface area contributed by atoms with Crippen LogP contribution in [0.5, 0.6) is 0 Å². The van der Waals surface area contributed by atoms with E-state index in [0.29, 0.717) is 0 Å². The minimum atomic E-state index is 0.760. The molecule has 6 nitrogen and oxygen atoms in total. The Bertz CT molecular complexity index is 531. The zero-order valence-electron chi connectivity index (χ0n) is 12.5. The van der Waals surface area contributed by atoms with E-state index in [9.17, 15) is 0 Å². The van der Waals surface area contributed by atoms with Gasteiger partial charge in [-0.05, 0) is 12.8 Å². The molecule has 110 valence electrons. The standard InChI is InChI=1S/C14H23N5O/c1-4-13-12(10-18(2)17-13)11-19-8-7-16-14(19)15-6-5-9-20-3/h7-8,10H,4-6,9,11H2,1-3H3,(H,15,16). The first-order valence-corrected chi connectivity index (χ1v) is 7.00. The van der Waals surface area contributed by atoms with Crippen molar-refractivity contribution < 1.29 is 4.74 Å². The molecule has 0 amide bonds. The highest BCUT2D eigenvalue weighted by atomic mass is 16.5. The van der Waals surface area contributed by atoms with Gasteiger partial charge in [0.15, 0.2) is 0 Å². The van der Waals surface area contributed by atoms with E-state index in [2.05, 4.69) is 33.1 Å². The van der Waals surface area contributed by atoms with Gasteiger partial charge in [0.1, 0.15) is 0 Å². The van der Waals surface area contributed by atoms with Gasteiger partial charge in [-0.25, -0.2) is 4.98 Å². The molecule has 0 atom stereocenters. The number of nitrogens with one attached hydrogen (secondary N) is 1. The third kappa shape index (κ3) is 3.60. The Kier molecular flexibility index (Phi) is 5.17. The predicted octanol–water partition coefficient (Wildman–Crippen LogP) is 1.68. The molecule has 2 aromatic heterocycles. The summed E-state index contributed by atoms with van der Waals surface area (Å²) in [5.74, 6) is 0.895. The number of nitrogens with zero attached hydrogens (tertiary/aromatic N) is 4. The maximum atomic E-state index is 5.04. The van der Waals surface area contributed by atoms with Crippen LogP contribution in [0.15, 0.2) is 18.6 Å². The van der Waals surface area contributed by atoms with Crippen molar-refractivity contribution in [1.29, 1.82) is 0 Å². The Morgan fingerprint density at radius 3 is 3.00 bits per heavy atom. The van der Waals surface area contributed by atoms with Gasteiger partial charge >= 0.3 is 0 Å². The Morgan fingerprint density at radius 2 is 2.25 bits per heavy atom. The lowest BCUT2D eigenvalue weighted by Crippen LogP contribution is -2.11. The maximum absolute atomic E-state index is 5.04. The maximum Gasteiger partial charge on any atom is 0.203 e. The van der Waals surface area contributed by atoms with E-state index >= 15 is 0 Å². The molecule has 0 spiro atoms. The zero-order valence-corrected chi connectivity index (χ0v) is 12.5. The Hall–Kier alpha value is -1.82. The molecule has 2 rings (SSSR count). The van der Waals surface area contributed by atoms with E-state index in [-0.39, 0.29) is 0 Å². The van der Waals surface area contributed by atoms with E-state index < -0.39 is 0 Å². The number of hydrogen-bond donors (Lipinski definition) is 1.